The summed E-state index contributed by atoms with van der Waals surface area (Å²) in [6.07, 6.45) is 1.34. The molecule has 1 rings (SSSR count). The molecule has 14 heavy (non-hydrogen) atoms. The largest absolute Gasteiger partial charge is 0.390 e. The summed E-state index contributed by atoms with van der Waals surface area (Å²) in [7, 11) is 0. The lowest BCUT2D eigenvalue weighted by atomic mass is 10.2. The second-order valence-electron chi connectivity index (χ2n) is 3.00. The van der Waals surface area contributed by atoms with E-state index in [2.05, 4.69) is 5.10 Å². The van der Waals surface area contributed by atoms with Gasteiger partial charge in [-0.25, -0.2) is 0 Å². The number of nitro groups is 1. The predicted molar refractivity (Wildman–Crippen MR) is 49.3 cm³/mol. The molecule has 1 atom stereocenters. The highest BCUT2D eigenvalue weighted by Gasteiger charge is 2.20. The van der Waals surface area contributed by atoms with Crippen LogP contribution in [0.1, 0.15) is 36.8 Å². The first-order chi connectivity index (χ1) is 6.60. The van der Waals surface area contributed by atoms with Crippen molar-refractivity contribution in [1.29, 1.82) is 0 Å². The van der Waals surface area contributed by atoms with Crippen molar-refractivity contribution in [2.75, 3.05) is 0 Å². The van der Waals surface area contributed by atoms with Crippen LogP contribution in [-0.2, 0) is 0 Å². The summed E-state index contributed by atoms with van der Waals surface area (Å²) in [5.41, 5.74) is 0.242. The Morgan fingerprint density at radius 3 is 2.86 bits per heavy atom. The lowest BCUT2D eigenvalue weighted by Crippen LogP contribution is -2.09. The van der Waals surface area contributed by atoms with Gasteiger partial charge in [0.25, 0.3) is 0 Å². The number of aldehydes is 1. The molecule has 0 saturated heterocycles. The predicted octanol–water partition coefficient (Wildman–Crippen LogP) is 1.57. The van der Waals surface area contributed by atoms with Crippen molar-refractivity contribution in [1.82, 2.24) is 9.78 Å². The number of rotatable bonds is 4. The summed E-state index contributed by atoms with van der Waals surface area (Å²) in [6, 6.07) is 1.17. The van der Waals surface area contributed by atoms with E-state index < -0.39 is 4.92 Å². The van der Waals surface area contributed by atoms with Crippen LogP contribution in [0.5, 0.6) is 0 Å². The molecule has 0 spiro atoms. The van der Waals surface area contributed by atoms with Gasteiger partial charge in [0, 0.05) is 0 Å². The minimum absolute atomic E-state index is 0.0103. The van der Waals surface area contributed by atoms with Crippen LogP contribution in [-0.4, -0.2) is 21.0 Å². The number of hydrogen-bond acceptors (Lipinski definition) is 4. The van der Waals surface area contributed by atoms with E-state index in [4.69, 9.17) is 0 Å². The van der Waals surface area contributed by atoms with Crippen molar-refractivity contribution in [2.24, 2.45) is 0 Å². The zero-order chi connectivity index (χ0) is 10.7. The first kappa shape index (κ1) is 10.4. The van der Waals surface area contributed by atoms with Crippen molar-refractivity contribution >= 4 is 12.1 Å². The van der Waals surface area contributed by atoms with E-state index >= 15 is 0 Å². The molecule has 0 fully saturated rings. The fourth-order valence-corrected chi connectivity index (χ4v) is 1.10. The van der Waals surface area contributed by atoms with Crippen molar-refractivity contribution < 1.29 is 9.72 Å². The SMILES string of the molecule is CC[C@@H](C)n1nc([N+](=O)[O-])cc1C=O. The van der Waals surface area contributed by atoms with Crippen LogP contribution in [0.4, 0.5) is 5.82 Å². The number of carbonyl (C=O) groups excluding carboxylic acids is 1. The smallest absolute Gasteiger partial charge is 0.358 e. The van der Waals surface area contributed by atoms with E-state index in [-0.39, 0.29) is 17.6 Å². The molecular formula is C8H11N3O3. The third-order valence-corrected chi connectivity index (χ3v) is 2.07. The third-order valence-electron chi connectivity index (χ3n) is 2.07. The molecule has 1 aromatic heterocycles. The fraction of sp³-hybridized carbons (Fsp3) is 0.500. The monoisotopic (exact) mass is 197 g/mol. The molecule has 0 saturated carbocycles. The number of carbonyl (C=O) groups is 1. The Morgan fingerprint density at radius 2 is 2.43 bits per heavy atom. The summed E-state index contributed by atoms with van der Waals surface area (Å²) in [4.78, 5) is 20.4. The van der Waals surface area contributed by atoms with Crippen LogP contribution in [0.2, 0.25) is 0 Å². The van der Waals surface area contributed by atoms with E-state index in [0.717, 1.165) is 6.42 Å². The van der Waals surface area contributed by atoms with Crippen molar-refractivity contribution in [3.63, 3.8) is 0 Å². The van der Waals surface area contributed by atoms with E-state index in [1.54, 1.807) is 0 Å². The first-order valence-electron chi connectivity index (χ1n) is 4.29. The Morgan fingerprint density at radius 1 is 1.79 bits per heavy atom. The van der Waals surface area contributed by atoms with Gasteiger partial charge in [-0.1, -0.05) is 6.92 Å². The van der Waals surface area contributed by atoms with Crippen LogP contribution in [0, 0.1) is 10.1 Å². The molecule has 76 valence electrons. The molecule has 0 radical (unpaired) electrons. The Balaban J connectivity index is 3.14. The van der Waals surface area contributed by atoms with E-state index in [1.807, 2.05) is 13.8 Å². The maximum Gasteiger partial charge on any atom is 0.390 e. The van der Waals surface area contributed by atoms with Crippen LogP contribution < -0.4 is 0 Å². The van der Waals surface area contributed by atoms with Gasteiger partial charge in [0.1, 0.15) is 5.69 Å². The molecule has 0 bridgehead atoms. The molecule has 1 heterocycles. The van der Waals surface area contributed by atoms with Crippen molar-refractivity contribution in [3.05, 3.63) is 21.9 Å². The Hall–Kier alpha value is -1.72. The Labute approximate surface area is 80.7 Å². The topological polar surface area (TPSA) is 78.0 Å². The molecule has 0 aliphatic carbocycles. The number of aromatic nitrogens is 2. The lowest BCUT2D eigenvalue weighted by Gasteiger charge is -2.04. The molecule has 6 nitrogen and oxygen atoms in total. The Kier molecular flexibility index (Phi) is 2.95. The third kappa shape index (κ3) is 1.78. The van der Waals surface area contributed by atoms with Gasteiger partial charge < -0.3 is 10.1 Å². The van der Waals surface area contributed by atoms with Gasteiger partial charge in [0.05, 0.1) is 17.2 Å². The zero-order valence-corrected chi connectivity index (χ0v) is 8.01. The Bertz CT molecular complexity index is 359. The van der Waals surface area contributed by atoms with Crippen LogP contribution in [0.25, 0.3) is 0 Å². The van der Waals surface area contributed by atoms with Gasteiger partial charge in [0.15, 0.2) is 6.29 Å². The maximum absolute atomic E-state index is 10.6. The summed E-state index contributed by atoms with van der Waals surface area (Å²) >= 11 is 0. The van der Waals surface area contributed by atoms with Crippen LogP contribution in [0.3, 0.4) is 0 Å². The highest BCUT2D eigenvalue weighted by molar-refractivity contribution is 5.73. The van der Waals surface area contributed by atoms with Crippen LogP contribution >= 0.6 is 0 Å². The van der Waals surface area contributed by atoms with E-state index in [9.17, 15) is 14.9 Å². The standard InChI is InChI=1S/C8H11N3O3/c1-3-6(2)10-7(5-12)4-8(9-10)11(13)14/h4-6H,3H2,1-2H3/t6-/m1/s1. The summed E-state index contributed by atoms with van der Waals surface area (Å²) in [6.45, 7) is 3.77. The average molecular weight is 197 g/mol. The lowest BCUT2D eigenvalue weighted by molar-refractivity contribution is -0.389. The summed E-state index contributed by atoms with van der Waals surface area (Å²) in [5, 5.41) is 14.1. The summed E-state index contributed by atoms with van der Waals surface area (Å²) < 4.78 is 1.38. The normalized spacial score (nSPS) is 12.4. The van der Waals surface area contributed by atoms with Gasteiger partial charge in [0.2, 0.25) is 0 Å². The van der Waals surface area contributed by atoms with E-state index in [1.165, 1.54) is 10.7 Å². The van der Waals surface area contributed by atoms with Crippen molar-refractivity contribution in [2.45, 2.75) is 26.3 Å². The molecule has 0 aliphatic rings. The second kappa shape index (κ2) is 3.99. The quantitative estimate of drug-likeness (QED) is 0.417. The van der Waals surface area contributed by atoms with Gasteiger partial charge in [-0.15, -0.1) is 0 Å². The first-order valence-corrected chi connectivity index (χ1v) is 4.29. The van der Waals surface area contributed by atoms with E-state index in [0.29, 0.717) is 6.29 Å². The van der Waals surface area contributed by atoms with Gasteiger partial charge >= 0.3 is 5.82 Å². The maximum atomic E-state index is 10.6. The fourth-order valence-electron chi connectivity index (χ4n) is 1.10. The number of nitrogens with zero attached hydrogens (tertiary/aromatic N) is 3. The minimum atomic E-state index is -0.605. The molecular weight excluding hydrogens is 186 g/mol. The highest BCUT2D eigenvalue weighted by atomic mass is 16.6. The van der Waals surface area contributed by atoms with Gasteiger partial charge in [-0.3, -0.25) is 4.79 Å². The molecule has 0 aliphatic heterocycles. The zero-order valence-electron chi connectivity index (χ0n) is 8.01. The molecule has 0 N–H and O–H groups in total. The second-order valence-corrected chi connectivity index (χ2v) is 3.00. The highest BCUT2D eigenvalue weighted by Crippen LogP contribution is 2.17. The van der Waals surface area contributed by atoms with Gasteiger partial charge in [-0.05, 0) is 18.3 Å². The van der Waals surface area contributed by atoms with Crippen molar-refractivity contribution in [3.8, 4) is 0 Å². The minimum Gasteiger partial charge on any atom is -0.358 e. The number of hydrogen-bond donors (Lipinski definition) is 0. The summed E-state index contributed by atoms with van der Waals surface area (Å²) in [5.74, 6) is -0.285. The molecule has 0 amide bonds. The average Bonchev–Trinajstić information content (AvgIpc) is 2.60. The molecule has 6 heteroatoms. The molecule has 0 unspecified atom stereocenters. The molecule has 0 aromatic carbocycles. The van der Waals surface area contributed by atoms with Crippen LogP contribution in [0.15, 0.2) is 6.07 Å². The van der Waals surface area contributed by atoms with Gasteiger partial charge in [-0.2, -0.15) is 4.68 Å². The molecule has 1 aromatic rings.